The lowest BCUT2D eigenvalue weighted by molar-refractivity contribution is 0.314. The van der Waals surface area contributed by atoms with Gasteiger partial charge in [0.15, 0.2) is 15.7 Å². The molecule has 0 amide bonds. The number of sulfone groups is 1. The monoisotopic (exact) mass is 645 g/mol. The third-order valence-corrected chi connectivity index (χ3v) is 10.8. The van der Waals surface area contributed by atoms with Crippen LogP contribution in [0.3, 0.4) is 0 Å². The molecule has 0 atom stereocenters. The van der Waals surface area contributed by atoms with E-state index in [9.17, 15) is 25.6 Å². The predicted molar refractivity (Wildman–Crippen MR) is 156 cm³/mol. The van der Waals surface area contributed by atoms with Gasteiger partial charge in [0.1, 0.15) is 45.1 Å². The Morgan fingerprint density at radius 1 is 1.00 bits per heavy atom. The van der Waals surface area contributed by atoms with Crippen LogP contribution in [-0.2, 0) is 19.9 Å². The maximum atomic E-state index is 14.3. The number of fused-ring (bicyclic) bond motifs is 2. The molecule has 222 valence electrons. The molecule has 43 heavy (non-hydrogen) atoms. The van der Waals surface area contributed by atoms with Gasteiger partial charge in [-0.25, -0.2) is 40.6 Å². The van der Waals surface area contributed by atoms with E-state index in [1.54, 1.807) is 18.2 Å². The maximum absolute atomic E-state index is 14.3. The summed E-state index contributed by atoms with van der Waals surface area (Å²) in [6.07, 6.45) is 3.98. The van der Waals surface area contributed by atoms with Crippen LogP contribution in [0.15, 0.2) is 70.2 Å². The van der Waals surface area contributed by atoms with Crippen molar-refractivity contribution in [2.75, 3.05) is 36.1 Å². The lowest BCUT2D eigenvalue weighted by Gasteiger charge is -2.31. The van der Waals surface area contributed by atoms with Gasteiger partial charge in [0, 0.05) is 24.1 Å². The smallest absolute Gasteiger partial charge is 0.264 e. The number of hydrogen-bond acceptors (Lipinski definition) is 11. The van der Waals surface area contributed by atoms with Crippen LogP contribution in [0.2, 0.25) is 0 Å². The number of halogens is 2. The van der Waals surface area contributed by atoms with Gasteiger partial charge in [0.05, 0.1) is 29.6 Å². The Bertz CT molecular complexity index is 2120. The normalized spacial score (nSPS) is 13.4. The van der Waals surface area contributed by atoms with Crippen molar-refractivity contribution in [3.8, 4) is 22.8 Å². The lowest BCUT2D eigenvalue weighted by atomic mass is 10.0. The SMILES string of the molecule is COc1ncc(-c2ccc3c(c2)N(c2ncnc4cc(S(C)(=O)=O)sc24)CCO3)cc1NS(=O)(=O)c1ccc(F)cc1F. The van der Waals surface area contributed by atoms with Crippen LogP contribution in [0.4, 0.5) is 26.0 Å². The number of anilines is 3. The minimum atomic E-state index is -4.48. The molecule has 0 unspecified atom stereocenters. The molecular weight excluding hydrogens is 625 g/mol. The molecule has 0 fully saturated rings. The third kappa shape index (κ3) is 5.44. The van der Waals surface area contributed by atoms with E-state index in [2.05, 4.69) is 19.7 Å². The highest BCUT2D eigenvalue weighted by molar-refractivity contribution is 7.93. The van der Waals surface area contributed by atoms with Crippen LogP contribution in [0, 0.1) is 11.6 Å². The molecule has 3 aromatic heterocycles. The maximum Gasteiger partial charge on any atom is 0.264 e. The Morgan fingerprint density at radius 3 is 2.56 bits per heavy atom. The zero-order valence-corrected chi connectivity index (χ0v) is 24.9. The van der Waals surface area contributed by atoms with Crippen molar-refractivity contribution in [3.63, 3.8) is 0 Å². The van der Waals surface area contributed by atoms with Crippen LogP contribution in [0.5, 0.6) is 11.6 Å². The van der Waals surface area contributed by atoms with Crippen molar-refractivity contribution in [2.24, 2.45) is 0 Å². The molecule has 0 saturated heterocycles. The number of sulfonamides is 1. The van der Waals surface area contributed by atoms with Crippen molar-refractivity contribution in [1.82, 2.24) is 15.0 Å². The highest BCUT2D eigenvalue weighted by atomic mass is 32.2. The fraction of sp³-hybridized carbons (Fsp3) is 0.148. The molecule has 2 aromatic carbocycles. The molecule has 0 radical (unpaired) electrons. The topological polar surface area (TPSA) is 141 Å². The number of aromatic nitrogens is 3. The molecule has 0 aliphatic carbocycles. The number of thiophene rings is 1. The second-order valence-corrected chi connectivity index (χ2v) is 14.3. The summed E-state index contributed by atoms with van der Waals surface area (Å²) in [5.74, 6) is -1.18. The minimum Gasteiger partial charge on any atom is -0.490 e. The molecule has 1 N–H and O–H groups in total. The van der Waals surface area contributed by atoms with Crippen molar-refractivity contribution in [1.29, 1.82) is 0 Å². The van der Waals surface area contributed by atoms with Gasteiger partial charge in [-0.3, -0.25) is 4.72 Å². The van der Waals surface area contributed by atoms with E-state index in [-0.39, 0.29) is 15.8 Å². The van der Waals surface area contributed by atoms with Gasteiger partial charge >= 0.3 is 0 Å². The van der Waals surface area contributed by atoms with Crippen LogP contribution in [0.25, 0.3) is 21.3 Å². The molecule has 16 heteroatoms. The van der Waals surface area contributed by atoms with Gasteiger partial charge in [-0.2, -0.15) is 0 Å². The first-order chi connectivity index (χ1) is 20.4. The predicted octanol–water partition coefficient (Wildman–Crippen LogP) is 4.77. The molecular formula is C27H21F2N5O6S3. The molecule has 5 aromatic rings. The number of ether oxygens (including phenoxy) is 2. The summed E-state index contributed by atoms with van der Waals surface area (Å²) in [7, 11) is -6.63. The van der Waals surface area contributed by atoms with Gasteiger partial charge in [-0.05, 0) is 42.0 Å². The Balaban J connectivity index is 1.40. The molecule has 0 spiro atoms. The van der Waals surface area contributed by atoms with Crippen LogP contribution in [0.1, 0.15) is 0 Å². The molecule has 1 aliphatic heterocycles. The van der Waals surface area contributed by atoms with Gasteiger partial charge in [0.25, 0.3) is 10.0 Å². The van der Waals surface area contributed by atoms with E-state index >= 15 is 0 Å². The van der Waals surface area contributed by atoms with E-state index < -0.39 is 36.4 Å². The van der Waals surface area contributed by atoms with Crippen LogP contribution in [-0.4, -0.2) is 58.3 Å². The Labute approximate surface area is 248 Å². The number of rotatable bonds is 7. The van der Waals surface area contributed by atoms with Crippen molar-refractivity contribution in [3.05, 3.63) is 72.7 Å². The van der Waals surface area contributed by atoms with E-state index in [1.165, 1.54) is 31.8 Å². The fourth-order valence-corrected chi connectivity index (χ4v) is 7.68. The van der Waals surface area contributed by atoms with Gasteiger partial charge in [-0.1, -0.05) is 6.07 Å². The molecule has 11 nitrogen and oxygen atoms in total. The number of hydrogen-bond donors (Lipinski definition) is 1. The highest BCUT2D eigenvalue weighted by Crippen LogP contribution is 2.43. The zero-order valence-electron chi connectivity index (χ0n) is 22.4. The van der Waals surface area contributed by atoms with Gasteiger partial charge < -0.3 is 14.4 Å². The second kappa shape index (κ2) is 10.7. The standard InChI is InChI=1S/C27H21F2N5O6S3/c1-39-27-20(33-43(37,38)23-6-4-17(28)11-18(23)29)9-16(13-30-27)15-3-5-22-21(10-15)34(7-8-40-22)26-25-19(31-14-32-26)12-24(41-25)42(2,35)36/h3-6,9-14,33H,7-8H2,1-2H3. The van der Waals surface area contributed by atoms with E-state index in [0.29, 0.717) is 57.8 Å². The fourth-order valence-electron chi connectivity index (χ4n) is 4.55. The van der Waals surface area contributed by atoms with Gasteiger partial charge in [0.2, 0.25) is 5.88 Å². The first-order valence-electron chi connectivity index (χ1n) is 12.5. The summed E-state index contributed by atoms with van der Waals surface area (Å²) in [5.41, 5.74) is 2.15. The summed E-state index contributed by atoms with van der Waals surface area (Å²) in [5, 5.41) is 0. The summed E-state index contributed by atoms with van der Waals surface area (Å²) < 4.78 is 92.2. The molecule has 6 rings (SSSR count). The molecule has 0 bridgehead atoms. The highest BCUT2D eigenvalue weighted by Gasteiger charge is 2.26. The summed E-state index contributed by atoms with van der Waals surface area (Å²) in [4.78, 5) is 14.1. The Kier molecular flexibility index (Phi) is 7.14. The minimum absolute atomic E-state index is 0.0690. The summed E-state index contributed by atoms with van der Waals surface area (Å²) in [6, 6.07) is 10.4. The van der Waals surface area contributed by atoms with Gasteiger partial charge in [-0.15, -0.1) is 11.3 Å². The molecule has 4 heterocycles. The third-order valence-electron chi connectivity index (χ3n) is 6.52. The number of nitrogens with one attached hydrogen (secondary N) is 1. The van der Waals surface area contributed by atoms with Crippen molar-refractivity contribution >= 4 is 58.6 Å². The van der Waals surface area contributed by atoms with E-state index in [1.807, 2.05) is 4.90 Å². The zero-order chi connectivity index (χ0) is 30.5. The summed E-state index contributed by atoms with van der Waals surface area (Å²) >= 11 is 1.08. The van der Waals surface area contributed by atoms with Crippen molar-refractivity contribution in [2.45, 2.75) is 9.10 Å². The largest absolute Gasteiger partial charge is 0.490 e. The lowest BCUT2D eigenvalue weighted by Crippen LogP contribution is -2.29. The number of nitrogens with zero attached hydrogens (tertiary/aromatic N) is 4. The van der Waals surface area contributed by atoms with Crippen LogP contribution >= 0.6 is 11.3 Å². The summed E-state index contributed by atoms with van der Waals surface area (Å²) in [6.45, 7) is 0.752. The molecule has 0 saturated carbocycles. The second-order valence-electron chi connectivity index (χ2n) is 9.39. The average Bonchev–Trinajstić information content (AvgIpc) is 3.42. The first kappa shape index (κ1) is 28.7. The van der Waals surface area contributed by atoms with E-state index in [0.717, 1.165) is 29.7 Å². The average molecular weight is 646 g/mol. The quantitative estimate of drug-likeness (QED) is 0.263. The number of methoxy groups -OCH3 is 1. The molecule has 1 aliphatic rings. The first-order valence-corrected chi connectivity index (χ1v) is 16.6. The Morgan fingerprint density at radius 2 is 1.81 bits per heavy atom. The van der Waals surface area contributed by atoms with E-state index in [4.69, 9.17) is 9.47 Å². The number of pyridine rings is 1. The Hall–Kier alpha value is -4.41. The van der Waals surface area contributed by atoms with Crippen LogP contribution < -0.4 is 19.1 Å². The number of benzene rings is 2. The van der Waals surface area contributed by atoms with Crippen molar-refractivity contribution < 1.29 is 35.1 Å².